The highest BCUT2D eigenvalue weighted by Gasteiger charge is 2.14. The molecule has 0 spiro atoms. The second-order valence-electron chi connectivity index (χ2n) is 6.98. The number of carbonyl (C=O) groups is 1. The summed E-state index contributed by atoms with van der Waals surface area (Å²) in [5.74, 6) is 0.692. The molecule has 2 aromatic heterocycles. The van der Waals surface area contributed by atoms with Gasteiger partial charge in [0.25, 0.3) is 0 Å². The van der Waals surface area contributed by atoms with Gasteiger partial charge in [0.05, 0.1) is 5.52 Å². The van der Waals surface area contributed by atoms with E-state index >= 15 is 0 Å². The van der Waals surface area contributed by atoms with E-state index in [4.69, 9.17) is 4.42 Å². The van der Waals surface area contributed by atoms with Crippen molar-refractivity contribution < 1.29 is 9.21 Å². The Morgan fingerprint density at radius 1 is 1.25 bits per heavy atom. The normalized spacial score (nSPS) is 11.4. The number of thioether (sulfide) groups is 1. The van der Waals surface area contributed by atoms with E-state index in [0.29, 0.717) is 23.6 Å². The van der Waals surface area contributed by atoms with Gasteiger partial charge >= 0.3 is 5.76 Å². The highest BCUT2D eigenvalue weighted by molar-refractivity contribution is 7.98. The van der Waals surface area contributed by atoms with Gasteiger partial charge < -0.3 is 14.3 Å². The Morgan fingerprint density at radius 2 is 2.04 bits per heavy atom. The number of benzene rings is 1. The molecule has 2 heterocycles. The SMILES string of the molecule is CSc1nnc(CCCNC(=O)Cn2c(=O)oc3ccccc32)n1CC(C)C. The van der Waals surface area contributed by atoms with E-state index in [-0.39, 0.29) is 12.5 Å². The molecule has 0 atom stereocenters. The van der Waals surface area contributed by atoms with Gasteiger partial charge in [-0.3, -0.25) is 9.36 Å². The topological polar surface area (TPSA) is 94.9 Å². The van der Waals surface area contributed by atoms with Crippen molar-refractivity contribution >= 4 is 28.8 Å². The summed E-state index contributed by atoms with van der Waals surface area (Å²) >= 11 is 1.59. The summed E-state index contributed by atoms with van der Waals surface area (Å²) in [6.45, 7) is 5.65. The number of fused-ring (bicyclic) bond motifs is 1. The number of aromatic nitrogens is 4. The van der Waals surface area contributed by atoms with Gasteiger partial charge in [-0.25, -0.2) is 4.79 Å². The van der Waals surface area contributed by atoms with Crippen molar-refractivity contribution in [3.8, 4) is 0 Å². The third kappa shape index (κ3) is 4.64. The lowest BCUT2D eigenvalue weighted by molar-refractivity contribution is -0.121. The Hall–Kier alpha value is -2.55. The molecule has 0 radical (unpaired) electrons. The molecule has 1 aromatic carbocycles. The standard InChI is InChI=1S/C19H25N5O3S/c1-13(2)11-24-16(21-22-18(24)28-3)9-6-10-20-17(25)12-23-14-7-4-5-8-15(14)27-19(23)26/h4-5,7-8,13H,6,9-12H2,1-3H3,(H,20,25). The second-order valence-corrected chi connectivity index (χ2v) is 7.76. The molecule has 1 N–H and O–H groups in total. The molecule has 1 amide bonds. The van der Waals surface area contributed by atoms with Crippen molar-refractivity contribution in [2.45, 2.75) is 44.9 Å². The monoisotopic (exact) mass is 403 g/mol. The first kappa shape index (κ1) is 20.2. The molecule has 0 aliphatic rings. The molecule has 0 aliphatic carbocycles. The average molecular weight is 404 g/mol. The number of amides is 1. The largest absolute Gasteiger partial charge is 0.420 e. The maximum atomic E-state index is 12.2. The number of nitrogens with zero attached hydrogens (tertiary/aromatic N) is 4. The van der Waals surface area contributed by atoms with E-state index in [1.165, 1.54) is 4.57 Å². The zero-order valence-corrected chi connectivity index (χ0v) is 17.2. The smallest absolute Gasteiger partial charge is 0.408 e. The van der Waals surface area contributed by atoms with Crippen LogP contribution in [0.4, 0.5) is 0 Å². The van der Waals surface area contributed by atoms with Gasteiger partial charge in [-0.15, -0.1) is 10.2 Å². The van der Waals surface area contributed by atoms with Crippen molar-refractivity contribution in [3.63, 3.8) is 0 Å². The van der Waals surface area contributed by atoms with E-state index in [0.717, 1.165) is 30.4 Å². The lowest BCUT2D eigenvalue weighted by Gasteiger charge is -2.11. The minimum atomic E-state index is -0.525. The Kier molecular flexibility index (Phi) is 6.56. The number of oxazole rings is 1. The third-order valence-corrected chi connectivity index (χ3v) is 4.97. The minimum Gasteiger partial charge on any atom is -0.408 e. The van der Waals surface area contributed by atoms with Crippen LogP contribution in [-0.2, 0) is 24.3 Å². The molecule has 28 heavy (non-hydrogen) atoms. The number of nitrogens with one attached hydrogen (secondary N) is 1. The van der Waals surface area contributed by atoms with Crippen LogP contribution in [0.3, 0.4) is 0 Å². The first-order valence-electron chi connectivity index (χ1n) is 9.30. The van der Waals surface area contributed by atoms with Crippen molar-refractivity contribution in [1.29, 1.82) is 0 Å². The fourth-order valence-corrected chi connectivity index (χ4v) is 3.56. The van der Waals surface area contributed by atoms with E-state index in [9.17, 15) is 9.59 Å². The lowest BCUT2D eigenvalue weighted by Crippen LogP contribution is -2.31. The maximum Gasteiger partial charge on any atom is 0.420 e. The zero-order valence-electron chi connectivity index (χ0n) is 16.3. The first-order valence-corrected chi connectivity index (χ1v) is 10.5. The summed E-state index contributed by atoms with van der Waals surface area (Å²) in [4.78, 5) is 24.2. The average Bonchev–Trinajstić information content (AvgIpc) is 3.19. The van der Waals surface area contributed by atoms with E-state index in [2.05, 4.69) is 33.9 Å². The molecule has 3 rings (SSSR count). The van der Waals surface area contributed by atoms with Crippen LogP contribution in [0.1, 0.15) is 26.1 Å². The number of hydrogen-bond donors (Lipinski definition) is 1. The molecule has 0 fully saturated rings. The first-order chi connectivity index (χ1) is 13.5. The summed E-state index contributed by atoms with van der Waals surface area (Å²) < 4.78 is 8.64. The van der Waals surface area contributed by atoms with Crippen molar-refractivity contribution in [2.24, 2.45) is 5.92 Å². The van der Waals surface area contributed by atoms with Crippen molar-refractivity contribution in [3.05, 3.63) is 40.6 Å². The fourth-order valence-electron chi connectivity index (χ4n) is 3.04. The maximum absolute atomic E-state index is 12.2. The number of para-hydroxylation sites is 2. The van der Waals surface area contributed by atoms with Gasteiger partial charge in [0.2, 0.25) is 5.91 Å². The van der Waals surface area contributed by atoms with Gasteiger partial charge in [0, 0.05) is 19.5 Å². The summed E-state index contributed by atoms with van der Waals surface area (Å²) in [6.07, 6.45) is 3.47. The molecule has 150 valence electrons. The number of hydrogen-bond acceptors (Lipinski definition) is 6. The molecule has 0 unspecified atom stereocenters. The Morgan fingerprint density at radius 3 is 2.79 bits per heavy atom. The Balaban J connectivity index is 1.53. The van der Waals surface area contributed by atoms with E-state index < -0.39 is 5.76 Å². The summed E-state index contributed by atoms with van der Waals surface area (Å²) in [5.41, 5.74) is 1.10. The summed E-state index contributed by atoms with van der Waals surface area (Å²) in [5, 5.41) is 12.3. The van der Waals surface area contributed by atoms with Gasteiger partial charge in [-0.1, -0.05) is 37.7 Å². The fraction of sp³-hybridized carbons (Fsp3) is 0.474. The Labute approximate surface area is 167 Å². The van der Waals surface area contributed by atoms with Crippen LogP contribution in [-0.4, -0.2) is 38.0 Å². The molecular formula is C19H25N5O3S. The van der Waals surface area contributed by atoms with E-state index in [1.807, 2.05) is 12.3 Å². The molecule has 0 bridgehead atoms. The van der Waals surface area contributed by atoms with Crippen molar-refractivity contribution in [1.82, 2.24) is 24.6 Å². The lowest BCUT2D eigenvalue weighted by atomic mass is 10.2. The minimum absolute atomic E-state index is 0.0595. The van der Waals surface area contributed by atoms with Crippen molar-refractivity contribution in [2.75, 3.05) is 12.8 Å². The highest BCUT2D eigenvalue weighted by Crippen LogP contribution is 2.16. The van der Waals surface area contributed by atoms with Crippen LogP contribution in [0.5, 0.6) is 0 Å². The molecule has 8 nitrogen and oxygen atoms in total. The van der Waals surface area contributed by atoms with E-state index in [1.54, 1.807) is 30.0 Å². The third-order valence-electron chi connectivity index (χ3n) is 4.30. The second kappa shape index (κ2) is 9.09. The van der Waals surface area contributed by atoms with Gasteiger partial charge in [0.1, 0.15) is 12.4 Å². The molecule has 9 heteroatoms. The number of aryl methyl sites for hydroxylation is 1. The van der Waals surface area contributed by atoms with Crippen LogP contribution in [0.25, 0.3) is 11.1 Å². The van der Waals surface area contributed by atoms with Gasteiger partial charge in [-0.05, 0) is 30.7 Å². The van der Waals surface area contributed by atoms with Crippen LogP contribution < -0.4 is 11.1 Å². The highest BCUT2D eigenvalue weighted by atomic mass is 32.2. The Bertz CT molecular complexity index is 1000. The molecular weight excluding hydrogens is 378 g/mol. The molecule has 0 aliphatic heterocycles. The molecule has 3 aromatic rings. The van der Waals surface area contributed by atoms with Gasteiger partial charge in [-0.2, -0.15) is 0 Å². The quantitative estimate of drug-likeness (QED) is 0.435. The van der Waals surface area contributed by atoms with Crippen LogP contribution >= 0.6 is 11.8 Å². The van der Waals surface area contributed by atoms with Gasteiger partial charge in [0.15, 0.2) is 10.7 Å². The number of rotatable bonds is 9. The molecule has 0 saturated carbocycles. The predicted molar refractivity (Wildman–Crippen MR) is 108 cm³/mol. The predicted octanol–water partition coefficient (Wildman–Crippen LogP) is 2.31. The summed E-state index contributed by atoms with van der Waals surface area (Å²) in [7, 11) is 0. The number of carbonyl (C=O) groups excluding carboxylic acids is 1. The summed E-state index contributed by atoms with van der Waals surface area (Å²) in [6, 6.07) is 7.07. The van der Waals surface area contributed by atoms with Crippen LogP contribution in [0.15, 0.2) is 38.6 Å². The zero-order chi connectivity index (χ0) is 20.1. The van der Waals surface area contributed by atoms with Crippen LogP contribution in [0, 0.1) is 5.92 Å². The van der Waals surface area contributed by atoms with Crippen LogP contribution in [0.2, 0.25) is 0 Å². The molecule has 0 saturated heterocycles.